The van der Waals surface area contributed by atoms with E-state index in [0.717, 1.165) is 0 Å². The van der Waals surface area contributed by atoms with Crippen LogP contribution >= 0.6 is 0 Å². The summed E-state index contributed by atoms with van der Waals surface area (Å²) in [6.07, 6.45) is 0. The standard InChI is InChI=1S/C14H20N2O3S/c1-10-8-11(9-15)6-7-12(10)20(18,19)16-13(2,3)14(4,5)17/h6-8,16-17H,1-5H3. The summed E-state index contributed by atoms with van der Waals surface area (Å²) >= 11 is 0. The summed E-state index contributed by atoms with van der Waals surface area (Å²) in [4.78, 5) is 0.105. The first-order valence-corrected chi connectivity index (χ1v) is 7.66. The van der Waals surface area contributed by atoms with Gasteiger partial charge in [0.25, 0.3) is 0 Å². The molecule has 110 valence electrons. The van der Waals surface area contributed by atoms with E-state index in [2.05, 4.69) is 4.72 Å². The van der Waals surface area contributed by atoms with Crippen molar-refractivity contribution in [2.75, 3.05) is 0 Å². The molecule has 0 radical (unpaired) electrons. The average Bonchev–Trinajstić information content (AvgIpc) is 2.25. The Morgan fingerprint density at radius 1 is 1.25 bits per heavy atom. The molecule has 0 amide bonds. The van der Waals surface area contributed by atoms with E-state index >= 15 is 0 Å². The number of nitriles is 1. The van der Waals surface area contributed by atoms with Crippen LogP contribution in [0.5, 0.6) is 0 Å². The fourth-order valence-electron chi connectivity index (χ4n) is 1.54. The smallest absolute Gasteiger partial charge is 0.241 e. The van der Waals surface area contributed by atoms with E-state index in [4.69, 9.17) is 5.26 Å². The second kappa shape index (κ2) is 5.17. The fraction of sp³-hybridized carbons (Fsp3) is 0.500. The van der Waals surface area contributed by atoms with Crippen molar-refractivity contribution in [3.8, 4) is 6.07 Å². The van der Waals surface area contributed by atoms with Crippen LogP contribution < -0.4 is 4.72 Å². The average molecular weight is 296 g/mol. The van der Waals surface area contributed by atoms with Crippen molar-refractivity contribution in [3.05, 3.63) is 29.3 Å². The summed E-state index contributed by atoms with van der Waals surface area (Å²) < 4.78 is 27.3. The van der Waals surface area contributed by atoms with Crippen molar-refractivity contribution in [1.82, 2.24) is 4.72 Å². The zero-order valence-corrected chi connectivity index (χ0v) is 13.2. The molecule has 0 saturated carbocycles. The highest BCUT2D eigenvalue weighted by atomic mass is 32.2. The molecule has 2 N–H and O–H groups in total. The van der Waals surface area contributed by atoms with Gasteiger partial charge in [0, 0.05) is 0 Å². The summed E-state index contributed by atoms with van der Waals surface area (Å²) in [7, 11) is -3.78. The van der Waals surface area contributed by atoms with Gasteiger partial charge in [-0.2, -0.15) is 5.26 Å². The SMILES string of the molecule is Cc1cc(C#N)ccc1S(=O)(=O)NC(C)(C)C(C)(C)O. The van der Waals surface area contributed by atoms with Crippen LogP contribution in [0.25, 0.3) is 0 Å². The number of nitrogens with zero attached hydrogens (tertiary/aromatic N) is 1. The lowest BCUT2D eigenvalue weighted by atomic mass is 9.87. The first kappa shape index (κ1) is 16.6. The zero-order valence-electron chi connectivity index (χ0n) is 12.4. The van der Waals surface area contributed by atoms with Gasteiger partial charge in [0.15, 0.2) is 0 Å². The third kappa shape index (κ3) is 3.37. The van der Waals surface area contributed by atoms with E-state index in [1.54, 1.807) is 34.6 Å². The summed E-state index contributed by atoms with van der Waals surface area (Å²) in [5.74, 6) is 0. The van der Waals surface area contributed by atoms with E-state index in [1.807, 2.05) is 6.07 Å². The molecule has 1 rings (SSSR count). The second-order valence-corrected chi connectivity index (χ2v) is 7.53. The van der Waals surface area contributed by atoms with E-state index in [0.29, 0.717) is 11.1 Å². The third-order valence-corrected chi connectivity index (χ3v) is 5.33. The summed E-state index contributed by atoms with van der Waals surface area (Å²) in [5.41, 5.74) is -1.36. The number of hydrogen-bond donors (Lipinski definition) is 2. The zero-order chi connectivity index (χ0) is 15.8. The highest BCUT2D eigenvalue weighted by molar-refractivity contribution is 7.89. The molecular formula is C14H20N2O3S. The molecule has 0 bridgehead atoms. The molecule has 6 heteroatoms. The van der Waals surface area contributed by atoms with Gasteiger partial charge in [-0.05, 0) is 58.4 Å². The maximum Gasteiger partial charge on any atom is 0.241 e. The van der Waals surface area contributed by atoms with Crippen LogP contribution in [0.1, 0.15) is 38.8 Å². The van der Waals surface area contributed by atoms with Gasteiger partial charge in [-0.1, -0.05) is 0 Å². The van der Waals surface area contributed by atoms with Gasteiger partial charge in [-0.15, -0.1) is 0 Å². The highest BCUT2D eigenvalue weighted by Gasteiger charge is 2.39. The molecule has 0 aromatic heterocycles. The molecule has 1 aromatic rings. The summed E-state index contributed by atoms with van der Waals surface area (Å²) in [6, 6.07) is 6.34. The van der Waals surface area contributed by atoms with Crippen molar-refractivity contribution in [1.29, 1.82) is 5.26 Å². The molecule has 0 fully saturated rings. The Hall–Kier alpha value is -1.42. The molecule has 1 aromatic carbocycles. The molecule has 5 nitrogen and oxygen atoms in total. The minimum Gasteiger partial charge on any atom is -0.389 e. The number of sulfonamides is 1. The minimum absolute atomic E-state index is 0.105. The van der Waals surface area contributed by atoms with Crippen LogP contribution in [-0.2, 0) is 10.0 Å². The predicted molar refractivity (Wildman–Crippen MR) is 76.6 cm³/mol. The number of rotatable bonds is 4. The van der Waals surface area contributed by atoms with Crippen LogP contribution in [0.4, 0.5) is 0 Å². The van der Waals surface area contributed by atoms with Crippen LogP contribution in [0.15, 0.2) is 23.1 Å². The lowest BCUT2D eigenvalue weighted by molar-refractivity contribution is 0.00638. The maximum atomic E-state index is 12.4. The Kier molecular flexibility index (Phi) is 4.30. The van der Waals surface area contributed by atoms with Gasteiger partial charge in [0.05, 0.1) is 27.7 Å². The molecule has 0 aliphatic carbocycles. The normalized spacial score (nSPS) is 13.1. The molecular weight excluding hydrogens is 276 g/mol. The Morgan fingerprint density at radius 2 is 1.80 bits per heavy atom. The molecule has 0 aliphatic rings. The quantitative estimate of drug-likeness (QED) is 0.884. The van der Waals surface area contributed by atoms with Gasteiger partial charge >= 0.3 is 0 Å². The largest absolute Gasteiger partial charge is 0.389 e. The number of aliphatic hydroxyl groups is 1. The van der Waals surface area contributed by atoms with E-state index in [-0.39, 0.29) is 4.90 Å². The monoisotopic (exact) mass is 296 g/mol. The van der Waals surface area contributed by atoms with E-state index in [9.17, 15) is 13.5 Å². The maximum absolute atomic E-state index is 12.4. The summed E-state index contributed by atoms with van der Waals surface area (Å²) in [5, 5.41) is 18.8. The van der Waals surface area contributed by atoms with E-state index < -0.39 is 21.2 Å². The Morgan fingerprint density at radius 3 is 2.20 bits per heavy atom. The topological polar surface area (TPSA) is 90.2 Å². The molecule has 0 unspecified atom stereocenters. The lowest BCUT2D eigenvalue weighted by Crippen LogP contribution is -2.57. The Bertz CT molecular complexity index is 650. The molecule has 0 heterocycles. The first-order chi connectivity index (χ1) is 8.90. The Labute approximate surface area is 120 Å². The third-order valence-electron chi connectivity index (χ3n) is 3.51. The minimum atomic E-state index is -3.78. The lowest BCUT2D eigenvalue weighted by Gasteiger charge is -2.37. The molecule has 0 spiro atoms. The van der Waals surface area contributed by atoms with Gasteiger partial charge in [-0.25, -0.2) is 13.1 Å². The van der Waals surface area contributed by atoms with Crippen LogP contribution in [0, 0.1) is 18.3 Å². The van der Waals surface area contributed by atoms with Crippen molar-refractivity contribution >= 4 is 10.0 Å². The van der Waals surface area contributed by atoms with Gasteiger partial charge in [0.2, 0.25) is 10.0 Å². The molecule has 0 aliphatic heterocycles. The molecule has 0 saturated heterocycles. The van der Waals surface area contributed by atoms with Crippen LogP contribution in [0.3, 0.4) is 0 Å². The second-order valence-electron chi connectivity index (χ2n) is 5.88. The fourth-order valence-corrected chi connectivity index (χ4v) is 3.30. The molecule has 0 atom stereocenters. The van der Waals surface area contributed by atoms with Gasteiger partial charge in [-0.3, -0.25) is 0 Å². The van der Waals surface area contributed by atoms with Gasteiger partial charge in [0.1, 0.15) is 0 Å². The number of nitrogens with one attached hydrogen (secondary N) is 1. The number of benzene rings is 1. The van der Waals surface area contributed by atoms with Crippen LogP contribution in [0.2, 0.25) is 0 Å². The van der Waals surface area contributed by atoms with Gasteiger partial charge < -0.3 is 5.11 Å². The molecule has 20 heavy (non-hydrogen) atoms. The van der Waals surface area contributed by atoms with E-state index in [1.165, 1.54) is 18.2 Å². The number of hydrogen-bond acceptors (Lipinski definition) is 4. The van der Waals surface area contributed by atoms with Crippen LogP contribution in [-0.4, -0.2) is 24.7 Å². The van der Waals surface area contributed by atoms with Crippen molar-refractivity contribution in [2.24, 2.45) is 0 Å². The van der Waals surface area contributed by atoms with Crippen molar-refractivity contribution < 1.29 is 13.5 Å². The number of aryl methyl sites for hydroxylation is 1. The van der Waals surface area contributed by atoms with Crippen molar-refractivity contribution in [2.45, 2.75) is 50.7 Å². The Balaban J connectivity index is 3.23. The predicted octanol–water partition coefficient (Wildman–Crippen LogP) is 1.69. The van der Waals surface area contributed by atoms with Crippen molar-refractivity contribution in [3.63, 3.8) is 0 Å². The first-order valence-electron chi connectivity index (χ1n) is 6.18. The highest BCUT2D eigenvalue weighted by Crippen LogP contribution is 2.25. The summed E-state index contributed by atoms with van der Waals surface area (Å²) in [6.45, 7) is 7.95.